The van der Waals surface area contributed by atoms with Crippen LogP contribution in [0.5, 0.6) is 23.0 Å². The highest BCUT2D eigenvalue weighted by atomic mass is 32.2. The number of ether oxygens (including phenoxy) is 4. The van der Waals surface area contributed by atoms with Crippen molar-refractivity contribution in [1.29, 1.82) is 0 Å². The second-order valence-corrected chi connectivity index (χ2v) is 10.8. The Labute approximate surface area is 216 Å². The standard InChI is InChI=1S/C27H28N2O7S/c1-17-4-10-23-22(14-17)29(37(31,32)21-8-6-20(33-3)7-9-21)16-26(36-23)27(30)28-18(2)19-5-11-24-25(15-19)35-13-12-34-24/h4-11,14-15,18,26H,12-13,16H2,1-3H3,(H,28,30)/t18-,26+/m0/s1. The van der Waals surface area contributed by atoms with Crippen LogP contribution in [0.15, 0.2) is 65.6 Å². The molecule has 0 saturated heterocycles. The largest absolute Gasteiger partial charge is 0.497 e. The first-order valence-electron chi connectivity index (χ1n) is 11.9. The van der Waals surface area contributed by atoms with Gasteiger partial charge >= 0.3 is 0 Å². The quantitative estimate of drug-likeness (QED) is 0.526. The van der Waals surface area contributed by atoms with Gasteiger partial charge in [-0.3, -0.25) is 9.10 Å². The minimum absolute atomic E-state index is 0.0893. The number of carbonyl (C=O) groups is 1. The molecule has 1 N–H and O–H groups in total. The lowest BCUT2D eigenvalue weighted by Crippen LogP contribution is -2.51. The van der Waals surface area contributed by atoms with Crippen LogP contribution < -0.4 is 28.6 Å². The summed E-state index contributed by atoms with van der Waals surface area (Å²) in [5.74, 6) is 1.72. The highest BCUT2D eigenvalue weighted by molar-refractivity contribution is 7.92. The Morgan fingerprint density at radius 2 is 1.70 bits per heavy atom. The van der Waals surface area contributed by atoms with Gasteiger partial charge in [0.05, 0.1) is 30.3 Å². The van der Waals surface area contributed by atoms with Crippen LogP contribution in [0.2, 0.25) is 0 Å². The number of benzene rings is 3. The normalized spacial score (nSPS) is 17.3. The lowest BCUT2D eigenvalue weighted by molar-refractivity contribution is -0.128. The second-order valence-electron chi connectivity index (χ2n) is 8.92. The predicted octanol–water partition coefficient (Wildman–Crippen LogP) is 3.61. The SMILES string of the molecule is COc1ccc(S(=O)(=O)N2C[C@H](C(=O)N[C@@H](C)c3ccc4c(c3)OCCO4)Oc3ccc(C)cc32)cc1. The number of amides is 1. The summed E-state index contributed by atoms with van der Waals surface area (Å²) in [6.45, 7) is 4.49. The lowest BCUT2D eigenvalue weighted by Gasteiger charge is -2.35. The number of hydrogen-bond donors (Lipinski definition) is 1. The van der Waals surface area contributed by atoms with Crippen molar-refractivity contribution in [2.75, 3.05) is 31.2 Å². The van der Waals surface area contributed by atoms with Crippen LogP contribution in [0.4, 0.5) is 5.69 Å². The van der Waals surface area contributed by atoms with Crippen LogP contribution in [0.3, 0.4) is 0 Å². The fraction of sp³-hybridized carbons (Fsp3) is 0.296. The number of sulfonamides is 1. The lowest BCUT2D eigenvalue weighted by atomic mass is 10.1. The summed E-state index contributed by atoms with van der Waals surface area (Å²) in [7, 11) is -2.47. The third kappa shape index (κ3) is 4.89. The zero-order valence-corrected chi connectivity index (χ0v) is 21.6. The van der Waals surface area contributed by atoms with E-state index in [2.05, 4.69) is 5.32 Å². The van der Waals surface area contributed by atoms with E-state index in [1.165, 1.54) is 23.5 Å². The van der Waals surface area contributed by atoms with E-state index >= 15 is 0 Å². The summed E-state index contributed by atoms with van der Waals surface area (Å²) in [5.41, 5.74) is 2.08. The first-order chi connectivity index (χ1) is 17.8. The highest BCUT2D eigenvalue weighted by Crippen LogP contribution is 2.38. The Balaban J connectivity index is 1.40. The van der Waals surface area contributed by atoms with E-state index in [0.717, 1.165) is 11.1 Å². The Morgan fingerprint density at radius 1 is 1.00 bits per heavy atom. The molecular formula is C27H28N2O7S. The second kappa shape index (κ2) is 9.85. The van der Waals surface area contributed by atoms with Gasteiger partial charge < -0.3 is 24.3 Å². The number of methoxy groups -OCH3 is 1. The monoisotopic (exact) mass is 524 g/mol. The molecule has 0 unspecified atom stereocenters. The maximum Gasteiger partial charge on any atom is 0.264 e. The Bertz CT molecular complexity index is 1420. The van der Waals surface area contributed by atoms with Gasteiger partial charge in [0.25, 0.3) is 15.9 Å². The topological polar surface area (TPSA) is 103 Å². The molecule has 5 rings (SSSR count). The number of anilines is 1. The molecule has 9 nitrogen and oxygen atoms in total. The third-order valence-electron chi connectivity index (χ3n) is 6.35. The molecule has 37 heavy (non-hydrogen) atoms. The maximum atomic E-state index is 13.7. The van der Waals surface area contributed by atoms with Crippen LogP contribution in [-0.2, 0) is 14.8 Å². The molecule has 3 aromatic carbocycles. The van der Waals surface area contributed by atoms with Gasteiger partial charge in [-0.05, 0) is 73.5 Å². The predicted molar refractivity (Wildman–Crippen MR) is 137 cm³/mol. The molecular weight excluding hydrogens is 496 g/mol. The third-order valence-corrected chi connectivity index (χ3v) is 8.14. The molecule has 2 heterocycles. The van der Waals surface area contributed by atoms with E-state index in [1.54, 1.807) is 24.3 Å². The Morgan fingerprint density at radius 3 is 2.43 bits per heavy atom. The average Bonchev–Trinajstić information content (AvgIpc) is 2.92. The van der Waals surface area contributed by atoms with E-state index in [-0.39, 0.29) is 17.5 Å². The number of nitrogens with one attached hydrogen (secondary N) is 1. The van der Waals surface area contributed by atoms with Gasteiger partial charge in [0.15, 0.2) is 17.6 Å². The van der Waals surface area contributed by atoms with Crippen molar-refractivity contribution in [3.8, 4) is 23.0 Å². The van der Waals surface area contributed by atoms with E-state index in [1.807, 2.05) is 38.1 Å². The molecule has 194 valence electrons. The minimum atomic E-state index is -3.99. The minimum Gasteiger partial charge on any atom is -0.497 e. The van der Waals surface area contributed by atoms with E-state index in [0.29, 0.717) is 41.9 Å². The molecule has 3 aromatic rings. The summed E-state index contributed by atoms with van der Waals surface area (Å²) >= 11 is 0. The van der Waals surface area contributed by atoms with Crippen LogP contribution in [0, 0.1) is 6.92 Å². The highest BCUT2D eigenvalue weighted by Gasteiger charge is 2.38. The van der Waals surface area contributed by atoms with Gasteiger partial charge in [-0.2, -0.15) is 0 Å². The van der Waals surface area contributed by atoms with Crippen molar-refractivity contribution in [1.82, 2.24) is 5.32 Å². The fourth-order valence-electron chi connectivity index (χ4n) is 4.32. The number of carbonyl (C=O) groups excluding carboxylic acids is 1. The van der Waals surface area contributed by atoms with Gasteiger partial charge in [-0.15, -0.1) is 0 Å². The smallest absolute Gasteiger partial charge is 0.264 e. The average molecular weight is 525 g/mol. The molecule has 0 spiro atoms. The number of aryl methyl sites for hydroxylation is 1. The van der Waals surface area contributed by atoms with Crippen LogP contribution in [0.1, 0.15) is 24.1 Å². The van der Waals surface area contributed by atoms with Gasteiger partial charge in [0.2, 0.25) is 0 Å². The first-order valence-corrected chi connectivity index (χ1v) is 13.3. The van der Waals surface area contributed by atoms with Gasteiger partial charge in [-0.1, -0.05) is 12.1 Å². The molecule has 2 aliphatic heterocycles. The molecule has 0 aromatic heterocycles. The van der Waals surface area contributed by atoms with Gasteiger partial charge in [0.1, 0.15) is 24.7 Å². The Kier molecular flexibility index (Phi) is 6.59. The summed E-state index contributed by atoms with van der Waals surface area (Å²) in [6.07, 6.45) is -1.05. The number of nitrogens with zero attached hydrogens (tertiary/aromatic N) is 1. The molecule has 1 amide bonds. The van der Waals surface area contributed by atoms with Crippen molar-refractivity contribution in [2.45, 2.75) is 30.9 Å². The van der Waals surface area contributed by atoms with Crippen molar-refractivity contribution in [2.24, 2.45) is 0 Å². The van der Waals surface area contributed by atoms with Crippen LogP contribution >= 0.6 is 0 Å². The van der Waals surface area contributed by atoms with E-state index < -0.39 is 22.0 Å². The van der Waals surface area contributed by atoms with E-state index in [9.17, 15) is 13.2 Å². The maximum absolute atomic E-state index is 13.7. The molecule has 0 radical (unpaired) electrons. The summed E-state index contributed by atoms with van der Waals surface area (Å²) in [5, 5.41) is 2.94. The summed E-state index contributed by atoms with van der Waals surface area (Å²) in [6, 6.07) is 16.5. The molecule has 10 heteroatoms. The van der Waals surface area contributed by atoms with Gasteiger partial charge in [-0.25, -0.2) is 8.42 Å². The van der Waals surface area contributed by atoms with Crippen molar-refractivity contribution >= 4 is 21.6 Å². The van der Waals surface area contributed by atoms with E-state index in [4.69, 9.17) is 18.9 Å². The zero-order valence-electron chi connectivity index (χ0n) is 20.8. The zero-order chi connectivity index (χ0) is 26.2. The number of fused-ring (bicyclic) bond motifs is 2. The molecule has 0 fully saturated rings. The summed E-state index contributed by atoms with van der Waals surface area (Å²) < 4.78 is 51.0. The number of rotatable bonds is 6. The fourth-order valence-corrected chi connectivity index (χ4v) is 5.79. The van der Waals surface area contributed by atoms with Gasteiger partial charge in [0, 0.05) is 0 Å². The van der Waals surface area contributed by atoms with Crippen LogP contribution in [0.25, 0.3) is 0 Å². The van der Waals surface area contributed by atoms with Crippen molar-refractivity contribution in [3.63, 3.8) is 0 Å². The van der Waals surface area contributed by atoms with Crippen molar-refractivity contribution < 1.29 is 32.2 Å². The van der Waals surface area contributed by atoms with Crippen molar-refractivity contribution in [3.05, 3.63) is 71.8 Å². The molecule has 0 aliphatic carbocycles. The molecule has 0 bridgehead atoms. The molecule has 0 saturated carbocycles. The Hall–Kier alpha value is -3.92. The van der Waals surface area contributed by atoms with Crippen LogP contribution in [-0.4, -0.2) is 47.3 Å². The first kappa shape index (κ1) is 24.8. The molecule has 2 aliphatic rings. The molecule has 2 atom stereocenters. The number of hydrogen-bond acceptors (Lipinski definition) is 7. The summed E-state index contributed by atoms with van der Waals surface area (Å²) in [4.78, 5) is 13.4.